The van der Waals surface area contributed by atoms with Crippen molar-refractivity contribution in [3.05, 3.63) is 65.7 Å². The van der Waals surface area contributed by atoms with E-state index in [1.54, 1.807) is 52.2 Å². The van der Waals surface area contributed by atoms with E-state index in [9.17, 15) is 19.2 Å². The molecule has 0 radical (unpaired) electrons. The van der Waals surface area contributed by atoms with Crippen LogP contribution < -0.4 is 10.1 Å². The summed E-state index contributed by atoms with van der Waals surface area (Å²) in [7, 11) is 3.30. The lowest BCUT2D eigenvalue weighted by molar-refractivity contribution is -0.130. The second-order valence-corrected chi connectivity index (χ2v) is 7.66. The van der Waals surface area contributed by atoms with Gasteiger partial charge in [-0.2, -0.15) is 0 Å². The first kappa shape index (κ1) is 24.6. The molecule has 0 aromatic heterocycles. The molecule has 1 unspecified atom stereocenters. The van der Waals surface area contributed by atoms with E-state index < -0.39 is 18.1 Å². The molecule has 2 aromatic carbocycles. The Bertz CT molecular complexity index is 915. The molecular formula is C24H29N3O5. The second kappa shape index (κ2) is 11.6. The highest BCUT2D eigenvalue weighted by molar-refractivity contribution is 5.89. The lowest BCUT2D eigenvalue weighted by atomic mass is 9.93. The smallest absolute Gasteiger partial charge is 0.325 e. The van der Waals surface area contributed by atoms with Gasteiger partial charge < -0.3 is 19.7 Å². The number of ether oxygens (including phenoxy) is 1. The van der Waals surface area contributed by atoms with Crippen LogP contribution in [0.3, 0.4) is 0 Å². The number of carbonyl (C=O) groups is 4. The quantitative estimate of drug-likeness (QED) is 0.575. The van der Waals surface area contributed by atoms with E-state index in [0.717, 1.165) is 16.0 Å². The van der Waals surface area contributed by atoms with Crippen LogP contribution >= 0.6 is 0 Å². The van der Waals surface area contributed by atoms with Crippen molar-refractivity contribution in [2.45, 2.75) is 31.8 Å². The standard InChI is InChI=1S/C24H29N3O5/c1-17(19-8-6-5-7-9-19)22(14-28)27(16-29)24(31)25-18(2)20-10-12-21(13-11-20)32-15-23(30)26(3)4/h5-14,16-18,22H,15H2,1-4H3,(H,25,31)/t17?,18-,22+/m0/s1. The Kier molecular flexibility index (Phi) is 8.95. The molecule has 0 aliphatic heterocycles. The van der Waals surface area contributed by atoms with Gasteiger partial charge in [-0.05, 0) is 30.2 Å². The van der Waals surface area contributed by atoms with Crippen LogP contribution in [0.4, 0.5) is 4.79 Å². The highest BCUT2D eigenvalue weighted by atomic mass is 16.5. The number of imide groups is 1. The predicted molar refractivity (Wildman–Crippen MR) is 120 cm³/mol. The number of carbonyl (C=O) groups excluding carboxylic acids is 4. The molecule has 0 bridgehead atoms. The van der Waals surface area contributed by atoms with Crippen LogP contribution in [0.15, 0.2) is 54.6 Å². The van der Waals surface area contributed by atoms with E-state index in [4.69, 9.17) is 4.74 Å². The lowest BCUT2D eigenvalue weighted by Gasteiger charge is -2.29. The molecular weight excluding hydrogens is 410 g/mol. The van der Waals surface area contributed by atoms with Gasteiger partial charge in [0.25, 0.3) is 5.91 Å². The number of nitrogens with zero attached hydrogens (tertiary/aromatic N) is 2. The van der Waals surface area contributed by atoms with Gasteiger partial charge in [-0.3, -0.25) is 14.5 Å². The molecule has 0 fully saturated rings. The van der Waals surface area contributed by atoms with Crippen LogP contribution in [0.5, 0.6) is 5.75 Å². The fourth-order valence-corrected chi connectivity index (χ4v) is 3.10. The number of hydrogen-bond donors (Lipinski definition) is 1. The summed E-state index contributed by atoms with van der Waals surface area (Å²) in [5.41, 5.74) is 1.62. The summed E-state index contributed by atoms with van der Waals surface area (Å²) in [6.45, 7) is 3.49. The highest BCUT2D eigenvalue weighted by Crippen LogP contribution is 2.23. The summed E-state index contributed by atoms with van der Waals surface area (Å²) >= 11 is 0. The van der Waals surface area contributed by atoms with Crippen LogP contribution in [0.25, 0.3) is 0 Å². The van der Waals surface area contributed by atoms with Crippen molar-refractivity contribution < 1.29 is 23.9 Å². The van der Waals surface area contributed by atoms with E-state index in [1.807, 2.05) is 30.3 Å². The maximum Gasteiger partial charge on any atom is 0.325 e. The van der Waals surface area contributed by atoms with Crippen LogP contribution in [-0.2, 0) is 14.4 Å². The number of hydrogen-bond acceptors (Lipinski definition) is 5. The SMILES string of the molecule is CC(c1ccccc1)[C@@H](C=O)N(C=O)C(=O)N[C@@H](C)c1ccc(OCC(=O)N(C)C)cc1. The molecule has 0 aliphatic rings. The minimum absolute atomic E-state index is 0.0698. The van der Waals surface area contributed by atoms with Crippen molar-refractivity contribution >= 4 is 24.6 Å². The number of urea groups is 1. The number of nitrogens with one attached hydrogen (secondary N) is 1. The molecule has 1 N–H and O–H groups in total. The van der Waals surface area contributed by atoms with E-state index in [-0.39, 0.29) is 18.4 Å². The first-order valence-corrected chi connectivity index (χ1v) is 10.3. The van der Waals surface area contributed by atoms with Crippen molar-refractivity contribution in [1.29, 1.82) is 0 Å². The maximum atomic E-state index is 12.8. The lowest BCUT2D eigenvalue weighted by Crippen LogP contribution is -2.48. The Balaban J connectivity index is 2.03. The van der Waals surface area contributed by atoms with Gasteiger partial charge >= 0.3 is 6.03 Å². The van der Waals surface area contributed by atoms with Crippen molar-refractivity contribution in [3.8, 4) is 5.75 Å². The normalized spacial score (nSPS) is 13.2. The molecule has 0 spiro atoms. The highest BCUT2D eigenvalue weighted by Gasteiger charge is 2.29. The Morgan fingerprint density at radius 2 is 1.59 bits per heavy atom. The third-order valence-electron chi connectivity index (χ3n) is 5.23. The van der Waals surface area contributed by atoms with Crippen molar-refractivity contribution in [1.82, 2.24) is 15.1 Å². The molecule has 170 valence electrons. The zero-order chi connectivity index (χ0) is 23.7. The van der Waals surface area contributed by atoms with Crippen LogP contribution in [0.2, 0.25) is 0 Å². The van der Waals surface area contributed by atoms with Crippen LogP contribution in [0.1, 0.15) is 36.9 Å². The molecule has 3 atom stereocenters. The predicted octanol–water partition coefficient (Wildman–Crippen LogP) is 2.75. The molecule has 32 heavy (non-hydrogen) atoms. The fourth-order valence-electron chi connectivity index (χ4n) is 3.10. The van der Waals surface area contributed by atoms with Crippen molar-refractivity contribution in [2.24, 2.45) is 0 Å². The molecule has 4 amide bonds. The zero-order valence-corrected chi connectivity index (χ0v) is 18.7. The minimum atomic E-state index is -0.938. The maximum absolute atomic E-state index is 12.8. The Labute approximate surface area is 188 Å². The average Bonchev–Trinajstić information content (AvgIpc) is 2.81. The van der Waals surface area contributed by atoms with E-state index in [0.29, 0.717) is 18.4 Å². The van der Waals surface area contributed by atoms with Crippen LogP contribution in [0, 0.1) is 0 Å². The Hall–Kier alpha value is -3.68. The summed E-state index contributed by atoms with van der Waals surface area (Å²) in [5.74, 6) is 0.00842. The summed E-state index contributed by atoms with van der Waals surface area (Å²) in [6, 6.07) is 14.1. The largest absolute Gasteiger partial charge is 0.484 e. The Morgan fingerprint density at radius 1 is 0.969 bits per heavy atom. The minimum Gasteiger partial charge on any atom is -0.484 e. The molecule has 2 aromatic rings. The molecule has 8 nitrogen and oxygen atoms in total. The number of rotatable bonds is 10. The molecule has 0 aliphatic carbocycles. The van der Waals surface area contributed by atoms with Crippen molar-refractivity contribution in [2.75, 3.05) is 20.7 Å². The molecule has 2 rings (SSSR count). The number of benzene rings is 2. The summed E-state index contributed by atoms with van der Waals surface area (Å²) in [5, 5.41) is 2.75. The number of likely N-dealkylation sites (N-methyl/N-ethyl adjacent to an activating group) is 1. The molecule has 0 saturated heterocycles. The van der Waals surface area contributed by atoms with Gasteiger partial charge in [-0.25, -0.2) is 4.79 Å². The third-order valence-corrected chi connectivity index (χ3v) is 5.23. The van der Waals surface area contributed by atoms with Gasteiger partial charge in [0, 0.05) is 20.0 Å². The van der Waals surface area contributed by atoms with E-state index in [1.165, 1.54) is 4.90 Å². The average molecular weight is 440 g/mol. The monoisotopic (exact) mass is 439 g/mol. The number of aldehydes is 1. The fraction of sp³-hybridized carbons (Fsp3) is 0.333. The first-order valence-electron chi connectivity index (χ1n) is 10.3. The van der Waals surface area contributed by atoms with Crippen LogP contribution in [-0.4, -0.2) is 61.2 Å². The Morgan fingerprint density at radius 3 is 2.12 bits per heavy atom. The van der Waals surface area contributed by atoms with Gasteiger partial charge in [0.05, 0.1) is 6.04 Å². The topological polar surface area (TPSA) is 96.0 Å². The van der Waals surface area contributed by atoms with E-state index in [2.05, 4.69) is 5.32 Å². The summed E-state index contributed by atoms with van der Waals surface area (Å²) < 4.78 is 5.44. The van der Waals surface area contributed by atoms with Gasteiger partial charge in [0.1, 0.15) is 18.1 Å². The molecule has 8 heteroatoms. The van der Waals surface area contributed by atoms with E-state index >= 15 is 0 Å². The summed E-state index contributed by atoms with van der Waals surface area (Å²) in [4.78, 5) is 50.1. The zero-order valence-electron chi connectivity index (χ0n) is 18.7. The summed E-state index contributed by atoms with van der Waals surface area (Å²) in [6.07, 6.45) is 0.983. The third kappa shape index (κ3) is 6.41. The second-order valence-electron chi connectivity index (χ2n) is 7.66. The van der Waals surface area contributed by atoms with Gasteiger partial charge in [-0.15, -0.1) is 0 Å². The van der Waals surface area contributed by atoms with Gasteiger partial charge in [-0.1, -0.05) is 49.4 Å². The molecule has 0 saturated carbocycles. The number of amides is 4. The molecule has 0 heterocycles. The van der Waals surface area contributed by atoms with Gasteiger partial charge in [0.2, 0.25) is 6.41 Å². The van der Waals surface area contributed by atoms with Gasteiger partial charge in [0.15, 0.2) is 6.61 Å². The first-order chi connectivity index (χ1) is 15.3. The van der Waals surface area contributed by atoms with Crippen molar-refractivity contribution in [3.63, 3.8) is 0 Å².